The molecular formula is C17H21BrClN3O3S. The summed E-state index contributed by atoms with van der Waals surface area (Å²) in [6.45, 7) is 4.17. The molecule has 0 saturated carbocycles. The van der Waals surface area contributed by atoms with E-state index in [1.807, 2.05) is 19.1 Å². The summed E-state index contributed by atoms with van der Waals surface area (Å²) in [4.78, 5) is 16.4. The molecule has 0 radical (unpaired) electrons. The van der Waals surface area contributed by atoms with Gasteiger partial charge in [0.25, 0.3) is 5.91 Å². The van der Waals surface area contributed by atoms with Crippen molar-refractivity contribution in [3.05, 3.63) is 51.0 Å². The molecular weight excluding hydrogens is 442 g/mol. The van der Waals surface area contributed by atoms with Gasteiger partial charge in [-0.25, -0.2) is 18.1 Å². The van der Waals surface area contributed by atoms with Gasteiger partial charge in [0.1, 0.15) is 11.5 Å². The van der Waals surface area contributed by atoms with Gasteiger partial charge in [-0.2, -0.15) is 0 Å². The second-order valence-electron chi connectivity index (χ2n) is 5.99. The quantitative estimate of drug-likeness (QED) is 0.603. The molecule has 6 nitrogen and oxygen atoms in total. The maximum Gasteiger partial charge on any atom is 0.284 e. The molecule has 0 aliphatic rings. The van der Waals surface area contributed by atoms with E-state index in [-0.39, 0.29) is 11.4 Å². The van der Waals surface area contributed by atoms with E-state index < -0.39 is 15.9 Å². The number of hydrogen-bond acceptors (Lipinski definition) is 4. The van der Waals surface area contributed by atoms with Crippen LogP contribution in [0.2, 0.25) is 5.02 Å². The van der Waals surface area contributed by atoms with Crippen molar-refractivity contribution in [1.29, 1.82) is 0 Å². The zero-order chi connectivity index (χ0) is 19.3. The van der Waals surface area contributed by atoms with E-state index in [1.54, 1.807) is 17.6 Å². The highest BCUT2D eigenvalue weighted by molar-refractivity contribution is 9.10. The Morgan fingerprint density at radius 2 is 2.08 bits per heavy atom. The second kappa shape index (κ2) is 9.01. The van der Waals surface area contributed by atoms with Crippen LogP contribution in [0.1, 0.15) is 48.1 Å². The van der Waals surface area contributed by atoms with Gasteiger partial charge < -0.3 is 4.57 Å². The monoisotopic (exact) mass is 461 g/mol. The first kappa shape index (κ1) is 20.9. The lowest BCUT2D eigenvalue weighted by atomic mass is 10.2. The Bertz CT molecular complexity index is 897. The lowest BCUT2D eigenvalue weighted by molar-refractivity contribution is 0.0977. The topological polar surface area (TPSA) is 81.1 Å². The van der Waals surface area contributed by atoms with Crippen LogP contribution in [0.25, 0.3) is 0 Å². The van der Waals surface area contributed by atoms with Gasteiger partial charge in [0.2, 0.25) is 10.0 Å². The summed E-state index contributed by atoms with van der Waals surface area (Å²) in [6.07, 6.45) is 3.77. The first-order valence-electron chi connectivity index (χ1n) is 8.24. The van der Waals surface area contributed by atoms with Gasteiger partial charge in [0.15, 0.2) is 0 Å². The molecule has 0 aliphatic heterocycles. The third kappa shape index (κ3) is 5.82. The molecule has 2 aromatic rings. The van der Waals surface area contributed by atoms with Crippen molar-refractivity contribution in [2.75, 3.05) is 5.75 Å². The van der Waals surface area contributed by atoms with Gasteiger partial charge in [-0.3, -0.25) is 4.79 Å². The minimum atomic E-state index is -3.65. The Morgan fingerprint density at radius 1 is 1.35 bits per heavy atom. The van der Waals surface area contributed by atoms with Gasteiger partial charge in [0, 0.05) is 15.7 Å². The van der Waals surface area contributed by atoms with Crippen molar-refractivity contribution in [3.8, 4) is 0 Å². The SMILES string of the molecule is CCCCCS(=O)(=O)NC(=O)c1cn(Cc2ccc(Br)cc2Cl)c(C)n1. The summed E-state index contributed by atoms with van der Waals surface area (Å²) in [5, 5.41) is 0.594. The Kier molecular flexibility index (Phi) is 7.25. The molecule has 1 amide bonds. The molecule has 1 heterocycles. The molecule has 0 aliphatic carbocycles. The predicted molar refractivity (Wildman–Crippen MR) is 106 cm³/mol. The van der Waals surface area contributed by atoms with Crippen LogP contribution in [0.5, 0.6) is 0 Å². The molecule has 1 aromatic carbocycles. The number of aryl methyl sites for hydroxylation is 1. The number of rotatable bonds is 8. The highest BCUT2D eigenvalue weighted by atomic mass is 79.9. The molecule has 26 heavy (non-hydrogen) atoms. The average Bonchev–Trinajstić information content (AvgIpc) is 2.91. The molecule has 0 spiro atoms. The van der Waals surface area contributed by atoms with E-state index in [2.05, 4.69) is 25.6 Å². The predicted octanol–water partition coefficient (Wildman–Crippen LogP) is 3.91. The summed E-state index contributed by atoms with van der Waals surface area (Å²) in [6, 6.07) is 5.55. The third-order valence-electron chi connectivity index (χ3n) is 3.83. The minimum Gasteiger partial charge on any atom is -0.330 e. The van der Waals surface area contributed by atoms with Gasteiger partial charge >= 0.3 is 0 Å². The number of amides is 1. The maximum atomic E-state index is 12.2. The van der Waals surface area contributed by atoms with Crippen molar-refractivity contribution < 1.29 is 13.2 Å². The summed E-state index contributed by atoms with van der Waals surface area (Å²) < 4.78 is 28.6. The van der Waals surface area contributed by atoms with E-state index in [0.29, 0.717) is 23.8 Å². The Hall–Kier alpha value is -1.38. The number of halogens is 2. The Labute approximate surface area is 167 Å². The molecule has 0 atom stereocenters. The molecule has 0 saturated heterocycles. The number of sulfonamides is 1. The largest absolute Gasteiger partial charge is 0.330 e. The van der Waals surface area contributed by atoms with E-state index in [9.17, 15) is 13.2 Å². The van der Waals surface area contributed by atoms with Crippen LogP contribution in [0, 0.1) is 6.92 Å². The number of benzene rings is 1. The van der Waals surface area contributed by atoms with Crippen LogP contribution in [-0.4, -0.2) is 29.6 Å². The number of imidazole rings is 1. The van der Waals surface area contributed by atoms with E-state index >= 15 is 0 Å². The normalized spacial score (nSPS) is 11.5. The van der Waals surface area contributed by atoms with Crippen LogP contribution < -0.4 is 4.72 Å². The van der Waals surface area contributed by atoms with Crippen molar-refractivity contribution in [3.63, 3.8) is 0 Å². The number of nitrogens with zero attached hydrogens (tertiary/aromatic N) is 2. The standard InChI is InChI=1S/C17H21BrClN3O3S/c1-3-4-5-8-26(24,25)21-17(23)16-11-22(12(2)20-16)10-13-6-7-14(18)9-15(13)19/h6-7,9,11H,3-5,8,10H2,1-2H3,(H,21,23). The highest BCUT2D eigenvalue weighted by Gasteiger charge is 2.19. The van der Waals surface area contributed by atoms with Crippen molar-refractivity contribution in [2.45, 2.75) is 39.7 Å². The molecule has 142 valence electrons. The van der Waals surface area contributed by atoms with Crippen LogP contribution >= 0.6 is 27.5 Å². The molecule has 9 heteroatoms. The second-order valence-corrected chi connectivity index (χ2v) is 9.16. The number of unbranched alkanes of at least 4 members (excludes halogenated alkanes) is 2. The van der Waals surface area contributed by atoms with Gasteiger partial charge in [-0.05, 0) is 31.0 Å². The number of carbonyl (C=O) groups excluding carboxylic acids is 1. The summed E-state index contributed by atoms with van der Waals surface area (Å²) in [5.41, 5.74) is 0.935. The Morgan fingerprint density at radius 3 is 2.73 bits per heavy atom. The van der Waals surface area contributed by atoms with Crippen LogP contribution in [-0.2, 0) is 16.6 Å². The number of aromatic nitrogens is 2. The summed E-state index contributed by atoms with van der Waals surface area (Å²) in [7, 11) is -3.65. The molecule has 0 unspecified atom stereocenters. The number of carbonyl (C=O) groups is 1. The number of hydrogen-bond donors (Lipinski definition) is 1. The van der Waals surface area contributed by atoms with Gasteiger partial charge in [-0.15, -0.1) is 0 Å². The lowest BCUT2D eigenvalue weighted by Crippen LogP contribution is -2.32. The first-order valence-corrected chi connectivity index (χ1v) is 11.1. The summed E-state index contributed by atoms with van der Waals surface area (Å²) >= 11 is 9.58. The average molecular weight is 463 g/mol. The summed E-state index contributed by atoms with van der Waals surface area (Å²) in [5.74, 6) is -0.191. The van der Waals surface area contributed by atoms with Gasteiger partial charge in [0.05, 0.1) is 12.3 Å². The van der Waals surface area contributed by atoms with E-state index in [0.717, 1.165) is 22.9 Å². The third-order valence-corrected chi connectivity index (χ3v) is 6.00. The zero-order valence-electron chi connectivity index (χ0n) is 14.6. The van der Waals surface area contributed by atoms with Crippen LogP contribution in [0.3, 0.4) is 0 Å². The molecule has 1 aromatic heterocycles. The fourth-order valence-electron chi connectivity index (χ4n) is 2.40. The van der Waals surface area contributed by atoms with Gasteiger partial charge in [-0.1, -0.05) is 53.4 Å². The molecule has 0 fully saturated rings. The number of nitrogens with one attached hydrogen (secondary N) is 1. The molecule has 2 rings (SSSR count). The van der Waals surface area contributed by atoms with Crippen molar-refractivity contribution >= 4 is 43.5 Å². The lowest BCUT2D eigenvalue weighted by Gasteiger charge is -2.07. The van der Waals surface area contributed by atoms with E-state index in [1.165, 1.54) is 6.20 Å². The zero-order valence-corrected chi connectivity index (χ0v) is 17.8. The smallest absolute Gasteiger partial charge is 0.284 e. The molecule has 0 bridgehead atoms. The van der Waals surface area contributed by atoms with Crippen molar-refractivity contribution in [1.82, 2.24) is 14.3 Å². The molecule has 1 N–H and O–H groups in total. The fourth-order valence-corrected chi connectivity index (χ4v) is 4.20. The Balaban J connectivity index is 2.10. The minimum absolute atomic E-state index is 0.0646. The van der Waals surface area contributed by atoms with Crippen LogP contribution in [0.15, 0.2) is 28.9 Å². The highest BCUT2D eigenvalue weighted by Crippen LogP contribution is 2.22. The fraction of sp³-hybridized carbons (Fsp3) is 0.412. The van der Waals surface area contributed by atoms with E-state index in [4.69, 9.17) is 11.6 Å². The maximum absolute atomic E-state index is 12.2. The first-order chi connectivity index (χ1) is 12.2. The van der Waals surface area contributed by atoms with Crippen LogP contribution in [0.4, 0.5) is 0 Å². The van der Waals surface area contributed by atoms with Crippen molar-refractivity contribution in [2.24, 2.45) is 0 Å².